The quantitative estimate of drug-likeness (QED) is 0.714. The van der Waals surface area contributed by atoms with Gasteiger partial charge in [-0.25, -0.2) is 0 Å². The zero-order valence-corrected chi connectivity index (χ0v) is 15.5. The molecule has 0 N–H and O–H groups in total. The maximum Gasteiger partial charge on any atom is 0.0729 e. The Kier molecular flexibility index (Phi) is 4.13. The molecule has 2 aliphatic rings. The molecule has 0 aliphatic carbocycles. The summed E-state index contributed by atoms with van der Waals surface area (Å²) in [6, 6.07) is 21.2. The van der Waals surface area contributed by atoms with Crippen LogP contribution in [0, 0.1) is 0 Å². The number of likely N-dealkylation sites (tertiary alicyclic amines) is 1. The van der Waals surface area contributed by atoms with Crippen molar-refractivity contribution >= 4 is 5.69 Å². The lowest BCUT2D eigenvalue weighted by atomic mass is 9.85. The van der Waals surface area contributed by atoms with Crippen molar-refractivity contribution in [1.29, 1.82) is 0 Å². The molecule has 0 amide bonds. The number of hydrogen-bond acceptors (Lipinski definition) is 4. The Hall–Kier alpha value is -2.72. The lowest BCUT2D eigenvalue weighted by molar-refractivity contribution is 0.302. The van der Waals surface area contributed by atoms with Crippen molar-refractivity contribution in [2.24, 2.45) is 0 Å². The molecule has 1 fully saturated rings. The van der Waals surface area contributed by atoms with E-state index in [2.05, 4.69) is 69.4 Å². The average Bonchev–Trinajstić information content (AvgIpc) is 3.25. The summed E-state index contributed by atoms with van der Waals surface area (Å²) in [6.45, 7) is 5.07. The maximum absolute atomic E-state index is 4.84. The van der Waals surface area contributed by atoms with Crippen LogP contribution in [0.2, 0.25) is 0 Å². The van der Waals surface area contributed by atoms with Gasteiger partial charge in [0.2, 0.25) is 0 Å². The van der Waals surface area contributed by atoms with Crippen molar-refractivity contribution in [2.75, 3.05) is 24.5 Å². The number of pyridine rings is 2. The maximum atomic E-state index is 4.84. The number of anilines is 1. The van der Waals surface area contributed by atoms with Crippen molar-refractivity contribution in [3.8, 4) is 0 Å². The lowest BCUT2D eigenvalue weighted by Crippen LogP contribution is -2.36. The molecule has 4 nitrogen and oxygen atoms in total. The largest absolute Gasteiger partial charge is 0.365 e. The summed E-state index contributed by atoms with van der Waals surface area (Å²) < 4.78 is 0. The molecule has 4 heteroatoms. The van der Waals surface area contributed by atoms with Crippen LogP contribution >= 0.6 is 0 Å². The second kappa shape index (κ2) is 6.78. The predicted molar refractivity (Wildman–Crippen MR) is 108 cm³/mol. The van der Waals surface area contributed by atoms with Crippen LogP contribution in [0.3, 0.4) is 0 Å². The van der Waals surface area contributed by atoms with Crippen molar-refractivity contribution in [1.82, 2.24) is 14.9 Å². The third-order valence-electron chi connectivity index (χ3n) is 5.88. The second-order valence-electron chi connectivity index (χ2n) is 7.77. The third-order valence-corrected chi connectivity index (χ3v) is 5.88. The van der Waals surface area contributed by atoms with E-state index in [1.807, 2.05) is 18.5 Å². The molecule has 0 unspecified atom stereocenters. The van der Waals surface area contributed by atoms with E-state index >= 15 is 0 Å². The fraction of sp³-hybridized carbons (Fsp3) is 0.304. The number of rotatable bonds is 4. The van der Waals surface area contributed by atoms with Gasteiger partial charge in [0.15, 0.2) is 0 Å². The minimum absolute atomic E-state index is 0.139. The van der Waals surface area contributed by atoms with Gasteiger partial charge >= 0.3 is 0 Å². The predicted octanol–water partition coefficient (Wildman–Crippen LogP) is 3.64. The van der Waals surface area contributed by atoms with Gasteiger partial charge in [-0.15, -0.1) is 0 Å². The highest BCUT2D eigenvalue weighted by Crippen LogP contribution is 2.45. The van der Waals surface area contributed by atoms with Gasteiger partial charge in [-0.3, -0.25) is 14.9 Å². The summed E-state index contributed by atoms with van der Waals surface area (Å²) in [5.41, 5.74) is 5.23. The van der Waals surface area contributed by atoms with Gasteiger partial charge in [-0.05, 0) is 42.8 Å². The molecule has 136 valence electrons. The first-order valence-corrected chi connectivity index (χ1v) is 9.69. The number of benzene rings is 1. The average molecular weight is 356 g/mol. The van der Waals surface area contributed by atoms with Crippen LogP contribution in [0.1, 0.15) is 23.4 Å². The highest BCUT2D eigenvalue weighted by Gasteiger charge is 2.48. The normalized spacial score (nSPS) is 21.7. The van der Waals surface area contributed by atoms with Crippen molar-refractivity contribution in [3.05, 3.63) is 90.0 Å². The van der Waals surface area contributed by atoms with Gasteiger partial charge in [-0.1, -0.05) is 36.4 Å². The van der Waals surface area contributed by atoms with Gasteiger partial charge in [0.1, 0.15) is 0 Å². The monoisotopic (exact) mass is 356 g/mol. The number of fused-ring (bicyclic) bond motifs is 2. The summed E-state index contributed by atoms with van der Waals surface area (Å²) in [5.74, 6) is 0. The molecular weight excluding hydrogens is 332 g/mol. The number of nitrogens with zero attached hydrogens (tertiary/aromatic N) is 4. The first-order chi connectivity index (χ1) is 13.3. The summed E-state index contributed by atoms with van der Waals surface area (Å²) in [4.78, 5) is 14.4. The number of aromatic nitrogens is 2. The minimum atomic E-state index is 0.139. The van der Waals surface area contributed by atoms with E-state index in [0.29, 0.717) is 0 Å². The first-order valence-electron chi connectivity index (χ1n) is 9.69. The molecule has 4 heterocycles. The molecule has 2 aliphatic heterocycles. The van der Waals surface area contributed by atoms with E-state index < -0.39 is 0 Å². The van der Waals surface area contributed by atoms with E-state index in [4.69, 9.17) is 4.98 Å². The van der Waals surface area contributed by atoms with Crippen LogP contribution in [0.25, 0.3) is 0 Å². The van der Waals surface area contributed by atoms with Crippen LogP contribution < -0.4 is 4.90 Å². The van der Waals surface area contributed by atoms with Crippen LogP contribution in [-0.2, 0) is 18.5 Å². The molecule has 1 aromatic carbocycles. The zero-order valence-electron chi connectivity index (χ0n) is 15.5. The van der Waals surface area contributed by atoms with Gasteiger partial charge in [0.05, 0.1) is 17.1 Å². The minimum Gasteiger partial charge on any atom is -0.365 e. The molecule has 0 saturated carbocycles. The summed E-state index contributed by atoms with van der Waals surface area (Å²) in [7, 11) is 0. The van der Waals surface area contributed by atoms with Crippen molar-refractivity contribution in [2.45, 2.75) is 24.9 Å². The van der Waals surface area contributed by atoms with Crippen LogP contribution in [0.5, 0.6) is 0 Å². The Morgan fingerprint density at radius 2 is 1.67 bits per heavy atom. The second-order valence-corrected chi connectivity index (χ2v) is 7.77. The van der Waals surface area contributed by atoms with E-state index in [0.717, 1.165) is 44.8 Å². The fourth-order valence-corrected chi connectivity index (χ4v) is 4.67. The Labute approximate surface area is 160 Å². The Bertz CT molecular complexity index is 912. The molecule has 1 atom stereocenters. The van der Waals surface area contributed by atoms with Crippen LogP contribution in [0.15, 0.2) is 73.1 Å². The molecule has 5 rings (SSSR count). The van der Waals surface area contributed by atoms with Gasteiger partial charge in [-0.2, -0.15) is 0 Å². The first kappa shape index (κ1) is 16.5. The third kappa shape index (κ3) is 3.10. The van der Waals surface area contributed by atoms with Crippen molar-refractivity contribution < 1.29 is 0 Å². The molecule has 2 aromatic heterocycles. The van der Waals surface area contributed by atoms with Crippen LogP contribution in [-0.4, -0.2) is 34.5 Å². The van der Waals surface area contributed by atoms with E-state index in [9.17, 15) is 0 Å². The fourth-order valence-electron chi connectivity index (χ4n) is 4.67. The van der Waals surface area contributed by atoms with Gasteiger partial charge < -0.3 is 4.90 Å². The molecule has 1 saturated heterocycles. The Morgan fingerprint density at radius 1 is 0.815 bits per heavy atom. The molecule has 3 aromatic rings. The highest BCUT2D eigenvalue weighted by atomic mass is 15.2. The van der Waals surface area contributed by atoms with E-state index in [-0.39, 0.29) is 5.41 Å². The standard InChI is InChI=1S/C23H24N4/c1-2-7-19(8-3-1)15-27-18-23(22-21(27)10-6-13-25-22)11-14-26(17-23)16-20-9-4-5-12-24-20/h1-10,12-13H,11,14-18H2/t23-/m1/s1. The van der Waals surface area contributed by atoms with Crippen molar-refractivity contribution in [3.63, 3.8) is 0 Å². The SMILES string of the molecule is c1ccc(CN2C[C@]3(CCN(Cc4ccccn4)C3)c3ncccc32)cc1. The van der Waals surface area contributed by atoms with E-state index in [1.54, 1.807) is 0 Å². The highest BCUT2D eigenvalue weighted by molar-refractivity contribution is 5.60. The zero-order chi connectivity index (χ0) is 18.1. The summed E-state index contributed by atoms with van der Waals surface area (Å²) in [6.07, 6.45) is 5.00. The topological polar surface area (TPSA) is 32.3 Å². The number of hydrogen-bond donors (Lipinski definition) is 0. The molecule has 0 bridgehead atoms. The van der Waals surface area contributed by atoms with Gasteiger partial charge in [0.25, 0.3) is 0 Å². The summed E-state index contributed by atoms with van der Waals surface area (Å²) >= 11 is 0. The Balaban J connectivity index is 1.39. The lowest BCUT2D eigenvalue weighted by Gasteiger charge is -2.26. The van der Waals surface area contributed by atoms with Gasteiger partial charge in [0, 0.05) is 44.0 Å². The molecule has 1 spiro atoms. The van der Waals surface area contributed by atoms with E-state index in [1.165, 1.54) is 16.9 Å². The molecular formula is C23H24N4. The Morgan fingerprint density at radius 3 is 2.52 bits per heavy atom. The molecule has 27 heavy (non-hydrogen) atoms. The molecule has 0 radical (unpaired) electrons. The van der Waals surface area contributed by atoms with Crippen LogP contribution in [0.4, 0.5) is 5.69 Å². The smallest absolute Gasteiger partial charge is 0.0729 e. The summed E-state index contributed by atoms with van der Waals surface area (Å²) in [5, 5.41) is 0.